The van der Waals surface area contributed by atoms with Gasteiger partial charge >= 0.3 is 0 Å². The second kappa shape index (κ2) is 7.24. The van der Waals surface area contributed by atoms with Crippen LogP contribution in [0.15, 0.2) is 24.3 Å². The third-order valence-corrected chi connectivity index (χ3v) is 4.34. The van der Waals surface area contributed by atoms with Gasteiger partial charge in [-0.25, -0.2) is 0 Å². The molecule has 1 atom stereocenters. The number of nitriles is 1. The zero-order chi connectivity index (χ0) is 15.2. The average Bonchev–Trinajstić information content (AvgIpc) is 3.00. The molecule has 0 bridgehead atoms. The zero-order valence-corrected chi connectivity index (χ0v) is 12.8. The fraction of sp³-hybridized carbons (Fsp3) is 0.529. The third kappa shape index (κ3) is 4.30. The van der Waals surface area contributed by atoms with Crippen molar-refractivity contribution in [2.75, 3.05) is 18.9 Å². The predicted octanol–water partition coefficient (Wildman–Crippen LogP) is 3.01. The molecule has 1 aliphatic carbocycles. The summed E-state index contributed by atoms with van der Waals surface area (Å²) in [5.41, 5.74) is 1.33. The largest absolute Gasteiger partial charge is 0.325 e. The monoisotopic (exact) mass is 285 g/mol. The van der Waals surface area contributed by atoms with Gasteiger partial charge in [-0.15, -0.1) is 0 Å². The quantitative estimate of drug-likeness (QED) is 0.904. The molecule has 1 unspecified atom stereocenters. The maximum Gasteiger partial charge on any atom is 0.241 e. The van der Waals surface area contributed by atoms with Gasteiger partial charge in [0, 0.05) is 12.2 Å². The maximum absolute atomic E-state index is 12.3. The molecule has 2 rings (SSSR count). The summed E-state index contributed by atoms with van der Waals surface area (Å²) >= 11 is 0. The molecule has 1 fully saturated rings. The van der Waals surface area contributed by atoms with E-state index in [4.69, 9.17) is 5.26 Å². The van der Waals surface area contributed by atoms with E-state index in [1.165, 1.54) is 25.7 Å². The van der Waals surface area contributed by atoms with Gasteiger partial charge in [0.25, 0.3) is 0 Å². The van der Waals surface area contributed by atoms with Gasteiger partial charge in [-0.3, -0.25) is 9.69 Å². The minimum absolute atomic E-state index is 0.000189. The number of amides is 1. The van der Waals surface area contributed by atoms with Crippen molar-refractivity contribution in [3.05, 3.63) is 29.8 Å². The molecule has 4 heteroatoms. The minimum Gasteiger partial charge on any atom is -0.325 e. The highest BCUT2D eigenvalue weighted by molar-refractivity contribution is 5.94. The van der Waals surface area contributed by atoms with Crippen molar-refractivity contribution in [2.45, 2.75) is 38.6 Å². The molecule has 1 aromatic rings. The Morgan fingerprint density at radius 3 is 2.57 bits per heavy atom. The molecule has 1 aromatic carbocycles. The van der Waals surface area contributed by atoms with Gasteiger partial charge < -0.3 is 5.32 Å². The van der Waals surface area contributed by atoms with Crippen LogP contribution in [0.2, 0.25) is 0 Å². The molecule has 0 radical (unpaired) electrons. The molecule has 21 heavy (non-hydrogen) atoms. The van der Waals surface area contributed by atoms with Crippen LogP contribution < -0.4 is 5.32 Å². The Labute approximate surface area is 126 Å². The van der Waals surface area contributed by atoms with Crippen molar-refractivity contribution in [2.24, 2.45) is 5.92 Å². The SMILES string of the molecule is CC(C(=O)Nc1ccc(C#N)cc1)N(C)CC1CCCC1. The summed E-state index contributed by atoms with van der Waals surface area (Å²) in [7, 11) is 2.02. The second-order valence-electron chi connectivity index (χ2n) is 5.94. The lowest BCUT2D eigenvalue weighted by atomic mass is 10.1. The fourth-order valence-corrected chi connectivity index (χ4v) is 2.83. The van der Waals surface area contributed by atoms with Crippen LogP contribution in [0.25, 0.3) is 0 Å². The molecule has 112 valence electrons. The number of benzene rings is 1. The zero-order valence-electron chi connectivity index (χ0n) is 12.8. The maximum atomic E-state index is 12.3. The van der Waals surface area contributed by atoms with E-state index in [1.807, 2.05) is 14.0 Å². The first-order chi connectivity index (χ1) is 10.1. The van der Waals surface area contributed by atoms with Gasteiger partial charge in [0.2, 0.25) is 5.91 Å². The summed E-state index contributed by atoms with van der Waals surface area (Å²) in [5, 5.41) is 11.7. The van der Waals surface area contributed by atoms with E-state index in [-0.39, 0.29) is 11.9 Å². The molecule has 0 heterocycles. The van der Waals surface area contributed by atoms with Crippen molar-refractivity contribution in [1.82, 2.24) is 4.90 Å². The number of nitrogens with zero attached hydrogens (tertiary/aromatic N) is 2. The van der Waals surface area contributed by atoms with Crippen LogP contribution in [-0.2, 0) is 4.79 Å². The highest BCUT2D eigenvalue weighted by Gasteiger charge is 2.23. The lowest BCUT2D eigenvalue weighted by molar-refractivity contribution is -0.120. The van der Waals surface area contributed by atoms with Crippen LogP contribution in [0.4, 0.5) is 5.69 Å². The topological polar surface area (TPSA) is 56.1 Å². The minimum atomic E-state index is -0.152. The van der Waals surface area contributed by atoms with Crippen LogP contribution in [0, 0.1) is 17.2 Å². The average molecular weight is 285 g/mol. The van der Waals surface area contributed by atoms with Gasteiger partial charge in [-0.05, 0) is 57.0 Å². The summed E-state index contributed by atoms with van der Waals surface area (Å²) in [4.78, 5) is 14.4. The first-order valence-electron chi connectivity index (χ1n) is 7.61. The van der Waals surface area contributed by atoms with E-state index in [0.717, 1.165) is 18.2 Å². The number of carbonyl (C=O) groups excluding carboxylic acids is 1. The van der Waals surface area contributed by atoms with E-state index in [2.05, 4.69) is 16.3 Å². The number of carbonyl (C=O) groups is 1. The van der Waals surface area contributed by atoms with Gasteiger partial charge in [0.1, 0.15) is 0 Å². The van der Waals surface area contributed by atoms with Gasteiger partial charge in [-0.2, -0.15) is 5.26 Å². The summed E-state index contributed by atoms with van der Waals surface area (Å²) in [6, 6.07) is 8.87. The Hall–Kier alpha value is -1.86. The molecule has 1 amide bonds. The highest BCUT2D eigenvalue weighted by atomic mass is 16.2. The van der Waals surface area contributed by atoms with Crippen molar-refractivity contribution in [3.63, 3.8) is 0 Å². The standard InChI is InChI=1S/C17H23N3O/c1-13(20(2)12-15-5-3-4-6-15)17(21)19-16-9-7-14(11-18)8-10-16/h7-10,13,15H,3-6,12H2,1-2H3,(H,19,21). The Kier molecular flexibility index (Phi) is 5.35. The van der Waals surface area contributed by atoms with Crippen LogP contribution in [0.1, 0.15) is 38.2 Å². The first kappa shape index (κ1) is 15.5. The second-order valence-corrected chi connectivity index (χ2v) is 5.94. The Bertz CT molecular complexity index is 512. The summed E-state index contributed by atoms with van der Waals surface area (Å²) in [6.07, 6.45) is 5.22. The van der Waals surface area contributed by atoms with E-state index >= 15 is 0 Å². The van der Waals surface area contributed by atoms with Crippen molar-refractivity contribution < 1.29 is 4.79 Å². The molecular weight excluding hydrogens is 262 g/mol. The summed E-state index contributed by atoms with van der Waals surface area (Å²) in [5.74, 6) is 0.736. The molecular formula is C17H23N3O. The van der Waals surface area contributed by atoms with E-state index in [0.29, 0.717) is 5.56 Å². The predicted molar refractivity (Wildman–Crippen MR) is 83.8 cm³/mol. The lowest BCUT2D eigenvalue weighted by Crippen LogP contribution is -2.41. The number of nitrogens with one attached hydrogen (secondary N) is 1. The third-order valence-electron chi connectivity index (χ3n) is 4.34. The Morgan fingerprint density at radius 2 is 2.00 bits per heavy atom. The van der Waals surface area contributed by atoms with Crippen molar-refractivity contribution >= 4 is 11.6 Å². The summed E-state index contributed by atoms with van der Waals surface area (Å²) < 4.78 is 0. The number of anilines is 1. The number of likely N-dealkylation sites (N-methyl/N-ethyl adjacent to an activating group) is 1. The lowest BCUT2D eigenvalue weighted by Gasteiger charge is -2.26. The van der Waals surface area contributed by atoms with Gasteiger partial charge in [0.15, 0.2) is 0 Å². The Balaban J connectivity index is 1.87. The molecule has 1 N–H and O–H groups in total. The molecule has 4 nitrogen and oxygen atoms in total. The normalized spacial score (nSPS) is 16.7. The molecule has 1 saturated carbocycles. The summed E-state index contributed by atoms with van der Waals surface area (Å²) in [6.45, 7) is 2.93. The smallest absolute Gasteiger partial charge is 0.241 e. The number of hydrogen-bond acceptors (Lipinski definition) is 3. The van der Waals surface area contributed by atoms with E-state index in [9.17, 15) is 4.79 Å². The van der Waals surface area contributed by atoms with Gasteiger partial charge in [-0.1, -0.05) is 12.8 Å². The van der Waals surface area contributed by atoms with Crippen LogP contribution in [0.5, 0.6) is 0 Å². The number of rotatable bonds is 5. The fourth-order valence-electron chi connectivity index (χ4n) is 2.83. The van der Waals surface area contributed by atoms with E-state index < -0.39 is 0 Å². The molecule has 0 spiro atoms. The van der Waals surface area contributed by atoms with Crippen molar-refractivity contribution in [3.8, 4) is 6.07 Å². The molecule has 0 aromatic heterocycles. The number of hydrogen-bond donors (Lipinski definition) is 1. The van der Waals surface area contributed by atoms with Crippen LogP contribution >= 0.6 is 0 Å². The van der Waals surface area contributed by atoms with Crippen molar-refractivity contribution in [1.29, 1.82) is 5.26 Å². The Morgan fingerprint density at radius 1 is 1.38 bits per heavy atom. The van der Waals surface area contributed by atoms with Crippen LogP contribution in [-0.4, -0.2) is 30.4 Å². The van der Waals surface area contributed by atoms with Gasteiger partial charge in [0.05, 0.1) is 17.7 Å². The molecule has 0 saturated heterocycles. The molecule has 1 aliphatic rings. The highest BCUT2D eigenvalue weighted by Crippen LogP contribution is 2.25. The first-order valence-corrected chi connectivity index (χ1v) is 7.61. The van der Waals surface area contributed by atoms with Crippen LogP contribution in [0.3, 0.4) is 0 Å². The van der Waals surface area contributed by atoms with E-state index in [1.54, 1.807) is 24.3 Å². The molecule has 0 aliphatic heterocycles.